The van der Waals surface area contributed by atoms with Crippen LogP contribution in [0.4, 0.5) is 4.39 Å². The quantitative estimate of drug-likeness (QED) is 0.814. The molecule has 19 heavy (non-hydrogen) atoms. The largest absolute Gasteiger partial charge is 0.354 e. The molecule has 0 saturated carbocycles. The fourth-order valence-corrected chi connectivity index (χ4v) is 1.86. The second-order valence-electron chi connectivity index (χ2n) is 4.28. The summed E-state index contributed by atoms with van der Waals surface area (Å²) < 4.78 is 13.4. The summed E-state index contributed by atoms with van der Waals surface area (Å²) in [6.07, 6.45) is 3.10. The standard InChI is InChI=1S/C14H15FN2O2/c15-12-4-2-1-3-11(12)5-6-14(19)17-9-7-13(18)16-8-10-17/h1-6H,7-10H2,(H,16,18). The van der Waals surface area contributed by atoms with Gasteiger partial charge in [0.2, 0.25) is 11.8 Å². The van der Waals surface area contributed by atoms with Crippen molar-refractivity contribution in [3.8, 4) is 0 Å². The number of carbonyl (C=O) groups excluding carboxylic acids is 2. The smallest absolute Gasteiger partial charge is 0.246 e. The van der Waals surface area contributed by atoms with E-state index in [4.69, 9.17) is 0 Å². The number of carbonyl (C=O) groups is 2. The SMILES string of the molecule is O=C1CCN(C(=O)C=Cc2ccccc2F)CCN1. The van der Waals surface area contributed by atoms with Crippen molar-refractivity contribution in [1.29, 1.82) is 0 Å². The van der Waals surface area contributed by atoms with Gasteiger partial charge in [-0.05, 0) is 12.1 Å². The minimum absolute atomic E-state index is 0.0478. The molecule has 0 spiro atoms. The Morgan fingerprint density at radius 2 is 2.11 bits per heavy atom. The number of nitrogens with one attached hydrogen (secondary N) is 1. The average molecular weight is 262 g/mol. The van der Waals surface area contributed by atoms with E-state index in [0.717, 1.165) is 0 Å². The molecule has 0 atom stereocenters. The van der Waals surface area contributed by atoms with Gasteiger partial charge in [-0.15, -0.1) is 0 Å². The topological polar surface area (TPSA) is 49.4 Å². The lowest BCUT2D eigenvalue weighted by molar-refractivity contribution is -0.125. The number of amides is 2. The van der Waals surface area contributed by atoms with Gasteiger partial charge in [0.15, 0.2) is 0 Å². The molecule has 1 aliphatic rings. The first-order chi connectivity index (χ1) is 9.16. The number of benzene rings is 1. The van der Waals surface area contributed by atoms with Gasteiger partial charge in [-0.1, -0.05) is 18.2 Å². The molecule has 2 rings (SSSR count). The Morgan fingerprint density at radius 1 is 1.32 bits per heavy atom. The summed E-state index contributed by atoms with van der Waals surface area (Å²) in [6, 6.07) is 6.26. The summed E-state index contributed by atoms with van der Waals surface area (Å²) in [5.41, 5.74) is 0.375. The summed E-state index contributed by atoms with van der Waals surface area (Å²) >= 11 is 0. The van der Waals surface area contributed by atoms with Crippen LogP contribution in [0.3, 0.4) is 0 Å². The fraction of sp³-hybridized carbons (Fsp3) is 0.286. The first kappa shape index (κ1) is 13.3. The maximum atomic E-state index is 13.4. The Labute approximate surface area is 110 Å². The highest BCUT2D eigenvalue weighted by Crippen LogP contribution is 2.09. The Bertz CT molecular complexity index is 514. The van der Waals surface area contributed by atoms with Gasteiger partial charge in [0, 0.05) is 37.7 Å². The summed E-state index contributed by atoms with van der Waals surface area (Å²) in [4.78, 5) is 24.7. The summed E-state index contributed by atoms with van der Waals surface area (Å²) in [5, 5.41) is 2.70. The highest BCUT2D eigenvalue weighted by atomic mass is 19.1. The van der Waals surface area contributed by atoms with Gasteiger partial charge < -0.3 is 10.2 Å². The minimum Gasteiger partial charge on any atom is -0.354 e. The molecular formula is C14H15FN2O2. The maximum Gasteiger partial charge on any atom is 0.246 e. The molecule has 0 aliphatic carbocycles. The highest BCUT2D eigenvalue weighted by molar-refractivity contribution is 5.92. The van der Waals surface area contributed by atoms with Gasteiger partial charge in [-0.3, -0.25) is 9.59 Å². The van der Waals surface area contributed by atoms with Crippen molar-refractivity contribution in [1.82, 2.24) is 10.2 Å². The molecule has 4 nitrogen and oxygen atoms in total. The average Bonchev–Trinajstić information content (AvgIpc) is 2.62. The van der Waals surface area contributed by atoms with E-state index in [0.29, 0.717) is 31.6 Å². The third-order valence-corrected chi connectivity index (χ3v) is 2.94. The van der Waals surface area contributed by atoms with E-state index in [9.17, 15) is 14.0 Å². The van der Waals surface area contributed by atoms with Crippen LogP contribution in [-0.4, -0.2) is 36.3 Å². The third kappa shape index (κ3) is 3.64. The molecule has 1 fully saturated rings. The molecule has 1 aliphatic heterocycles. The molecule has 1 aromatic carbocycles. The van der Waals surface area contributed by atoms with Crippen LogP contribution in [0.25, 0.3) is 6.08 Å². The normalized spacial score (nSPS) is 16.3. The van der Waals surface area contributed by atoms with Gasteiger partial charge in [0.1, 0.15) is 5.82 Å². The molecule has 1 N–H and O–H groups in total. The van der Waals surface area contributed by atoms with Crippen molar-refractivity contribution in [3.05, 3.63) is 41.7 Å². The first-order valence-electron chi connectivity index (χ1n) is 6.15. The van der Waals surface area contributed by atoms with Crippen LogP contribution in [0.15, 0.2) is 30.3 Å². The van der Waals surface area contributed by atoms with Gasteiger partial charge in [0.25, 0.3) is 0 Å². The van der Waals surface area contributed by atoms with Crippen molar-refractivity contribution < 1.29 is 14.0 Å². The van der Waals surface area contributed by atoms with Crippen LogP contribution in [0, 0.1) is 5.82 Å². The Hall–Kier alpha value is -2.17. The number of hydrogen-bond donors (Lipinski definition) is 1. The van der Waals surface area contributed by atoms with E-state index in [2.05, 4.69) is 5.32 Å². The maximum absolute atomic E-state index is 13.4. The lowest BCUT2D eigenvalue weighted by Gasteiger charge is -2.17. The van der Waals surface area contributed by atoms with E-state index < -0.39 is 0 Å². The van der Waals surface area contributed by atoms with Crippen LogP contribution in [0.2, 0.25) is 0 Å². The predicted molar refractivity (Wildman–Crippen MR) is 69.6 cm³/mol. The monoisotopic (exact) mass is 262 g/mol. The van der Waals surface area contributed by atoms with E-state index in [1.165, 1.54) is 18.2 Å². The molecule has 0 unspecified atom stereocenters. The molecule has 1 aromatic rings. The van der Waals surface area contributed by atoms with Crippen LogP contribution in [-0.2, 0) is 9.59 Å². The summed E-state index contributed by atoms with van der Waals surface area (Å²) in [6.45, 7) is 1.33. The predicted octanol–water partition coefficient (Wildman–Crippen LogP) is 1.19. The number of hydrogen-bond acceptors (Lipinski definition) is 2. The lowest BCUT2D eigenvalue weighted by atomic mass is 10.2. The van der Waals surface area contributed by atoms with Gasteiger partial charge in [-0.25, -0.2) is 4.39 Å². The Balaban J connectivity index is 2.00. The van der Waals surface area contributed by atoms with E-state index in [-0.39, 0.29) is 17.6 Å². The van der Waals surface area contributed by atoms with Crippen LogP contribution in [0.1, 0.15) is 12.0 Å². The Morgan fingerprint density at radius 3 is 2.89 bits per heavy atom. The van der Waals surface area contributed by atoms with Crippen molar-refractivity contribution in [2.75, 3.05) is 19.6 Å². The molecule has 5 heteroatoms. The Kier molecular flexibility index (Phi) is 4.28. The number of rotatable bonds is 2. The van der Waals surface area contributed by atoms with Crippen LogP contribution >= 0.6 is 0 Å². The van der Waals surface area contributed by atoms with Gasteiger partial charge in [-0.2, -0.15) is 0 Å². The molecule has 1 saturated heterocycles. The zero-order chi connectivity index (χ0) is 13.7. The van der Waals surface area contributed by atoms with E-state index in [1.807, 2.05) is 0 Å². The zero-order valence-electron chi connectivity index (χ0n) is 10.4. The van der Waals surface area contributed by atoms with Crippen LogP contribution in [0.5, 0.6) is 0 Å². The molecule has 0 bridgehead atoms. The van der Waals surface area contributed by atoms with Crippen molar-refractivity contribution in [2.24, 2.45) is 0 Å². The molecule has 100 valence electrons. The third-order valence-electron chi connectivity index (χ3n) is 2.94. The number of nitrogens with zero attached hydrogens (tertiary/aromatic N) is 1. The first-order valence-corrected chi connectivity index (χ1v) is 6.15. The second-order valence-corrected chi connectivity index (χ2v) is 4.28. The molecule has 0 radical (unpaired) electrons. The van der Waals surface area contributed by atoms with Crippen molar-refractivity contribution in [2.45, 2.75) is 6.42 Å². The van der Waals surface area contributed by atoms with E-state index in [1.54, 1.807) is 23.1 Å². The second kappa shape index (κ2) is 6.13. The highest BCUT2D eigenvalue weighted by Gasteiger charge is 2.16. The summed E-state index contributed by atoms with van der Waals surface area (Å²) in [7, 11) is 0. The molecule has 1 heterocycles. The van der Waals surface area contributed by atoms with Gasteiger partial charge in [0.05, 0.1) is 0 Å². The fourth-order valence-electron chi connectivity index (χ4n) is 1.86. The molecule has 0 aromatic heterocycles. The minimum atomic E-state index is -0.362. The number of halogens is 1. The van der Waals surface area contributed by atoms with Gasteiger partial charge >= 0.3 is 0 Å². The van der Waals surface area contributed by atoms with Crippen LogP contribution < -0.4 is 5.32 Å². The summed E-state index contributed by atoms with van der Waals surface area (Å²) in [5.74, 6) is -0.618. The van der Waals surface area contributed by atoms with Crippen molar-refractivity contribution >= 4 is 17.9 Å². The van der Waals surface area contributed by atoms with E-state index >= 15 is 0 Å². The van der Waals surface area contributed by atoms with Crippen molar-refractivity contribution in [3.63, 3.8) is 0 Å². The lowest BCUT2D eigenvalue weighted by Crippen LogP contribution is -2.32. The molecule has 2 amide bonds. The zero-order valence-corrected chi connectivity index (χ0v) is 10.4. The molecular weight excluding hydrogens is 247 g/mol.